The fourth-order valence-electron chi connectivity index (χ4n) is 6.71. The topological polar surface area (TPSA) is 168 Å². The van der Waals surface area contributed by atoms with Gasteiger partial charge in [0.15, 0.2) is 0 Å². The maximum atomic E-state index is 15.2. The molecule has 4 amide bonds. The number of likely N-dealkylation sites (tertiary alicyclic amines) is 1. The molecule has 0 radical (unpaired) electrons. The number of urea groups is 1. The number of carboxylic acids is 1. The molecule has 11 nitrogen and oxygen atoms in total. The van der Waals surface area contributed by atoms with E-state index in [9.17, 15) is 23.7 Å². The van der Waals surface area contributed by atoms with Crippen LogP contribution in [0.2, 0.25) is 10.0 Å². The molecule has 274 valence electrons. The number of carbonyl (C=O) groups is 4. The zero-order valence-electron chi connectivity index (χ0n) is 29.4. The monoisotopic (exact) mass is 758 g/mol. The van der Waals surface area contributed by atoms with Crippen LogP contribution in [-0.2, 0) is 19.3 Å². The first-order chi connectivity index (χ1) is 23.9. The minimum Gasteiger partial charge on any atom is -0.495 e. The van der Waals surface area contributed by atoms with Crippen molar-refractivity contribution in [2.24, 2.45) is 21.4 Å². The number of benzene rings is 3. The number of ether oxygens (including phenoxy) is 1. The summed E-state index contributed by atoms with van der Waals surface area (Å²) in [7, 11) is -1.90. The Bertz CT molecular complexity index is 1930. The molecule has 3 aromatic rings. The highest BCUT2D eigenvalue weighted by Gasteiger charge is 2.53. The average Bonchev–Trinajstić information content (AvgIpc) is 3.05. The van der Waals surface area contributed by atoms with Crippen LogP contribution in [0.3, 0.4) is 0 Å². The quantitative estimate of drug-likeness (QED) is 0.170. The molecule has 2 unspecified atom stereocenters. The van der Waals surface area contributed by atoms with Gasteiger partial charge in [-0.2, -0.15) is 0 Å². The van der Waals surface area contributed by atoms with Crippen molar-refractivity contribution >= 4 is 62.4 Å². The summed E-state index contributed by atoms with van der Waals surface area (Å²) in [6.07, 6.45) is -0.0267. The van der Waals surface area contributed by atoms with E-state index in [2.05, 4.69) is 9.68 Å². The lowest BCUT2D eigenvalue weighted by Crippen LogP contribution is -2.59. The molecule has 1 aliphatic heterocycles. The second kappa shape index (κ2) is 16.0. The van der Waals surface area contributed by atoms with Gasteiger partial charge in [-0.15, -0.1) is 4.36 Å². The summed E-state index contributed by atoms with van der Waals surface area (Å²) in [5.74, 6) is -2.69. The number of primary amides is 1. The summed E-state index contributed by atoms with van der Waals surface area (Å²) in [5.41, 5.74) is 5.96. The lowest BCUT2D eigenvalue weighted by atomic mass is 9.66. The van der Waals surface area contributed by atoms with Crippen molar-refractivity contribution in [3.05, 3.63) is 93.5 Å². The van der Waals surface area contributed by atoms with E-state index in [1.54, 1.807) is 43.9 Å². The van der Waals surface area contributed by atoms with E-state index in [1.165, 1.54) is 25.3 Å². The number of aromatic carboxylic acids is 1. The van der Waals surface area contributed by atoms with E-state index < -0.39 is 56.3 Å². The molecule has 4 rings (SSSR count). The molecule has 0 saturated carbocycles. The highest BCUT2D eigenvalue weighted by molar-refractivity contribution is 7.94. The van der Waals surface area contributed by atoms with Gasteiger partial charge < -0.3 is 25.8 Å². The molecule has 1 heterocycles. The van der Waals surface area contributed by atoms with Gasteiger partial charge >= 0.3 is 12.0 Å². The number of piperidine rings is 1. The summed E-state index contributed by atoms with van der Waals surface area (Å²) in [4.78, 5) is 54.3. The number of carboxylic acid groups (broad SMARTS) is 1. The number of hydrogen-bond acceptors (Lipinski definition) is 6. The number of hydrogen-bond donors (Lipinski definition) is 3. The molecule has 51 heavy (non-hydrogen) atoms. The number of rotatable bonds is 12. The Morgan fingerprint density at radius 3 is 2.25 bits per heavy atom. The summed E-state index contributed by atoms with van der Waals surface area (Å²) < 4.78 is 23.6. The third-order valence-corrected chi connectivity index (χ3v) is 12.6. The Labute approximate surface area is 309 Å². The zero-order valence-corrected chi connectivity index (χ0v) is 31.7. The predicted molar refractivity (Wildman–Crippen MR) is 200 cm³/mol. The standard InChI is InChI=1S/C37H44Cl2N4O7S/c1-21(2)30(20-51(49,22(3)4)42-36(40)48)43-33(23-10-13-26(38)14-11-23)28(24-8-7-9-27(39)16-24)18-37(5,35(43)47)19-32(44)41-29-15-12-25(34(45)46)17-31(29)50-6/h7-17,21-22,28,30,33H,18-20H2,1-6H3,(H2,40,48)(H,41,44)(H,45,46)/t28-,30?,33-,37-,51?/m1/s1. The Morgan fingerprint density at radius 2 is 1.71 bits per heavy atom. The first-order valence-corrected chi connectivity index (χ1v) is 19.0. The minimum absolute atomic E-state index is 0.0201. The summed E-state index contributed by atoms with van der Waals surface area (Å²) in [6.45, 7) is 8.93. The van der Waals surface area contributed by atoms with Crippen molar-refractivity contribution in [1.29, 1.82) is 0 Å². The van der Waals surface area contributed by atoms with Crippen molar-refractivity contribution in [3.63, 3.8) is 0 Å². The SMILES string of the molecule is COc1cc(C(=O)O)ccc1NC(=O)C[C@@]1(C)C[C@H](c2cccc(Cl)c2)[C@@H](c2ccc(Cl)cc2)N(C(CS(=O)(=NC(N)=O)C(C)C)C(C)C)C1=O. The van der Waals surface area contributed by atoms with E-state index >= 15 is 4.79 Å². The van der Waals surface area contributed by atoms with Crippen molar-refractivity contribution in [2.75, 3.05) is 18.2 Å². The van der Waals surface area contributed by atoms with Crippen molar-refractivity contribution in [1.82, 2.24) is 4.90 Å². The second-order valence-electron chi connectivity index (χ2n) is 13.7. The van der Waals surface area contributed by atoms with Crippen LogP contribution in [0.25, 0.3) is 0 Å². The molecule has 14 heteroatoms. The minimum atomic E-state index is -3.26. The Morgan fingerprint density at radius 1 is 1.04 bits per heavy atom. The number of nitrogens with zero attached hydrogens (tertiary/aromatic N) is 2. The van der Waals surface area contributed by atoms with E-state index in [0.717, 1.165) is 11.1 Å². The molecule has 0 aromatic heterocycles. The second-order valence-corrected chi connectivity index (χ2v) is 17.4. The number of nitrogens with one attached hydrogen (secondary N) is 1. The number of nitrogens with two attached hydrogens (primary N) is 1. The third kappa shape index (κ3) is 9.03. The van der Waals surface area contributed by atoms with Gasteiger partial charge in [0.2, 0.25) is 11.8 Å². The first kappa shape index (κ1) is 39.7. The molecule has 0 aliphatic carbocycles. The molecule has 3 aromatic carbocycles. The largest absolute Gasteiger partial charge is 0.495 e. The lowest BCUT2D eigenvalue weighted by Gasteiger charge is -2.53. The number of halogens is 2. The van der Waals surface area contributed by atoms with Crippen LogP contribution >= 0.6 is 23.2 Å². The summed E-state index contributed by atoms with van der Waals surface area (Å²) in [6, 6.07) is 16.2. The van der Waals surface area contributed by atoms with Crippen LogP contribution in [-0.4, -0.2) is 62.2 Å². The molecule has 4 N–H and O–H groups in total. The maximum Gasteiger partial charge on any atom is 0.346 e. The summed E-state index contributed by atoms with van der Waals surface area (Å²) >= 11 is 12.8. The summed E-state index contributed by atoms with van der Waals surface area (Å²) in [5, 5.41) is 12.6. The molecule has 1 aliphatic rings. The molecule has 0 bridgehead atoms. The Balaban J connectivity index is 1.90. The first-order valence-electron chi connectivity index (χ1n) is 16.5. The molecule has 0 spiro atoms. The smallest absolute Gasteiger partial charge is 0.346 e. The van der Waals surface area contributed by atoms with Gasteiger partial charge in [0, 0.05) is 33.7 Å². The van der Waals surface area contributed by atoms with E-state index in [1.807, 2.05) is 44.2 Å². The fourth-order valence-corrected chi connectivity index (χ4v) is 9.05. The molecule has 1 fully saturated rings. The van der Waals surface area contributed by atoms with Crippen molar-refractivity contribution < 1.29 is 33.2 Å². The molecule has 5 atom stereocenters. The van der Waals surface area contributed by atoms with E-state index in [-0.39, 0.29) is 47.4 Å². The number of methoxy groups -OCH3 is 1. The number of amides is 4. The maximum absolute atomic E-state index is 15.2. The lowest BCUT2D eigenvalue weighted by molar-refractivity contribution is -0.157. The number of anilines is 1. The fraction of sp³-hybridized carbons (Fsp3) is 0.405. The molecule has 1 saturated heterocycles. The van der Waals surface area contributed by atoms with Gasteiger partial charge in [0.05, 0.1) is 45.3 Å². The Hall–Kier alpha value is -4.13. The van der Waals surface area contributed by atoms with Gasteiger partial charge in [-0.1, -0.05) is 82.1 Å². The highest BCUT2D eigenvalue weighted by Crippen LogP contribution is 2.53. The highest BCUT2D eigenvalue weighted by atomic mass is 35.5. The average molecular weight is 760 g/mol. The Kier molecular flexibility index (Phi) is 12.5. The van der Waals surface area contributed by atoms with Crippen molar-refractivity contribution in [3.8, 4) is 5.75 Å². The molecular formula is C37H44Cl2N4O7S. The van der Waals surface area contributed by atoms with Crippen LogP contribution in [0.15, 0.2) is 71.1 Å². The van der Waals surface area contributed by atoms with Crippen LogP contribution < -0.4 is 15.8 Å². The van der Waals surface area contributed by atoms with Gasteiger partial charge in [-0.05, 0) is 65.9 Å². The predicted octanol–water partition coefficient (Wildman–Crippen LogP) is 7.77. The van der Waals surface area contributed by atoms with E-state index in [4.69, 9.17) is 33.7 Å². The normalized spacial score (nSPS) is 20.8. The van der Waals surface area contributed by atoms with Gasteiger partial charge in [-0.3, -0.25) is 9.59 Å². The van der Waals surface area contributed by atoms with Crippen LogP contribution in [0.4, 0.5) is 10.5 Å². The van der Waals surface area contributed by atoms with Crippen LogP contribution in [0, 0.1) is 11.3 Å². The van der Waals surface area contributed by atoms with Crippen LogP contribution in [0.1, 0.15) is 80.9 Å². The van der Waals surface area contributed by atoms with E-state index in [0.29, 0.717) is 10.0 Å². The van der Waals surface area contributed by atoms with Gasteiger partial charge in [-0.25, -0.2) is 13.8 Å². The van der Waals surface area contributed by atoms with Crippen molar-refractivity contribution in [2.45, 2.75) is 70.7 Å². The third-order valence-electron chi connectivity index (χ3n) is 9.38. The van der Waals surface area contributed by atoms with Crippen LogP contribution in [0.5, 0.6) is 5.75 Å². The zero-order chi connectivity index (χ0) is 37.8. The molecular weight excluding hydrogens is 715 g/mol. The van der Waals surface area contributed by atoms with Gasteiger partial charge in [0.25, 0.3) is 0 Å². The number of carbonyl (C=O) groups excluding carboxylic acids is 3. The van der Waals surface area contributed by atoms with Gasteiger partial charge in [0.1, 0.15) is 5.75 Å².